The lowest BCUT2D eigenvalue weighted by Gasteiger charge is -2.34. The van der Waals surface area contributed by atoms with Gasteiger partial charge >= 0.3 is 6.03 Å². The van der Waals surface area contributed by atoms with Crippen LogP contribution in [0.2, 0.25) is 0 Å². The van der Waals surface area contributed by atoms with Crippen molar-refractivity contribution in [2.75, 3.05) is 65.0 Å². The molecule has 0 aliphatic carbocycles. The van der Waals surface area contributed by atoms with E-state index < -0.39 is 17.7 Å². The Morgan fingerprint density at radius 1 is 1.11 bits per heavy atom. The molecule has 0 saturated carbocycles. The summed E-state index contributed by atoms with van der Waals surface area (Å²) < 4.78 is 42.9. The molecular formula is C33H40F2N8O3. The number of halogens is 2. The highest BCUT2D eigenvalue weighted by Gasteiger charge is 2.39. The third-order valence-electron chi connectivity index (χ3n) is 8.82. The maximum atomic E-state index is 14.4. The number of carbonyl (C=O) groups excluding carboxylic acids is 1. The maximum Gasteiger partial charge on any atom is 0.320 e. The van der Waals surface area contributed by atoms with Gasteiger partial charge in [0.15, 0.2) is 11.6 Å². The number of hydrogen-bond acceptors (Lipinski definition) is 7. The van der Waals surface area contributed by atoms with Gasteiger partial charge in [0.05, 0.1) is 37.7 Å². The first kappa shape index (κ1) is 31.8. The summed E-state index contributed by atoms with van der Waals surface area (Å²) in [6, 6.07) is 12.8. The van der Waals surface area contributed by atoms with Crippen LogP contribution in [0.3, 0.4) is 0 Å². The second-order valence-corrected chi connectivity index (χ2v) is 11.9. The van der Waals surface area contributed by atoms with Gasteiger partial charge < -0.3 is 14.8 Å². The van der Waals surface area contributed by atoms with Gasteiger partial charge in [0, 0.05) is 76.2 Å². The number of amides is 2. The number of ether oxygens (including phenoxy) is 2. The van der Waals surface area contributed by atoms with Gasteiger partial charge in [-0.3, -0.25) is 19.8 Å². The molecule has 2 aliphatic heterocycles. The Labute approximate surface area is 267 Å². The standard InChI is InChI=1S/C33H40F2N8O3/c1-22-31(24-16-36-40(2)17-24)39-43(25-7-5-4-6-8-25)32(22)38-33(44)37-30-20-42(19-27(30)23-9-10-28(34)29(35)15-23)26(21-45-3)18-41-11-13-46-14-12-41/h4-10,15-17,26-27,30H,11-14,18-21H2,1-3H3,(H2,37,38,44)/t26?,27-,30+/m0/s1. The van der Waals surface area contributed by atoms with Gasteiger partial charge in [-0.2, -0.15) is 10.2 Å². The van der Waals surface area contributed by atoms with E-state index in [1.807, 2.05) is 50.5 Å². The highest BCUT2D eigenvalue weighted by molar-refractivity contribution is 5.91. The molecule has 4 heterocycles. The lowest BCUT2D eigenvalue weighted by atomic mass is 9.94. The number of anilines is 1. The number of para-hydroxylation sites is 1. The topological polar surface area (TPSA) is 102 Å². The smallest absolute Gasteiger partial charge is 0.320 e. The van der Waals surface area contributed by atoms with E-state index in [4.69, 9.17) is 14.6 Å². The normalized spacial score (nSPS) is 19.8. The van der Waals surface area contributed by atoms with Crippen LogP contribution >= 0.6 is 0 Å². The predicted molar refractivity (Wildman–Crippen MR) is 170 cm³/mol. The largest absolute Gasteiger partial charge is 0.383 e. The Morgan fingerprint density at radius 3 is 2.59 bits per heavy atom. The molecule has 6 rings (SSSR count). The van der Waals surface area contributed by atoms with Crippen LogP contribution < -0.4 is 10.6 Å². The Kier molecular flexibility index (Phi) is 9.73. The fourth-order valence-electron chi connectivity index (χ4n) is 6.44. The molecule has 11 nitrogen and oxygen atoms in total. The minimum absolute atomic E-state index is 0.0366. The second-order valence-electron chi connectivity index (χ2n) is 11.9. The molecular weight excluding hydrogens is 594 g/mol. The summed E-state index contributed by atoms with van der Waals surface area (Å²) in [5.41, 5.74) is 3.71. The van der Waals surface area contributed by atoms with Crippen LogP contribution in [0.1, 0.15) is 17.0 Å². The third kappa shape index (κ3) is 6.97. The molecule has 2 aromatic heterocycles. The summed E-state index contributed by atoms with van der Waals surface area (Å²) in [5, 5.41) is 15.4. The van der Waals surface area contributed by atoms with Crippen molar-refractivity contribution in [1.82, 2.24) is 34.7 Å². The van der Waals surface area contributed by atoms with Crippen molar-refractivity contribution in [2.45, 2.75) is 24.9 Å². The first-order valence-electron chi connectivity index (χ1n) is 15.5. The SMILES string of the molecule is COCC(CN1CCOCC1)N1C[C@@H](NC(=O)Nc2c(C)c(-c3cnn(C)c3)nn2-c2ccccc2)[C@H](c2ccc(F)c(F)c2)C1. The van der Waals surface area contributed by atoms with E-state index >= 15 is 0 Å². The minimum Gasteiger partial charge on any atom is -0.383 e. The van der Waals surface area contributed by atoms with Crippen molar-refractivity contribution in [1.29, 1.82) is 0 Å². The molecule has 2 saturated heterocycles. The van der Waals surface area contributed by atoms with Gasteiger partial charge in [-0.25, -0.2) is 18.3 Å². The third-order valence-corrected chi connectivity index (χ3v) is 8.82. The lowest BCUT2D eigenvalue weighted by molar-refractivity contribution is 0.0119. The first-order chi connectivity index (χ1) is 22.3. The average molecular weight is 635 g/mol. The number of aromatic nitrogens is 4. The molecule has 244 valence electrons. The number of hydrogen-bond donors (Lipinski definition) is 2. The van der Waals surface area contributed by atoms with Crippen LogP contribution in [0.4, 0.5) is 19.4 Å². The number of benzene rings is 2. The molecule has 4 aromatic rings. The molecule has 2 fully saturated rings. The number of nitrogens with one attached hydrogen (secondary N) is 2. The van der Waals surface area contributed by atoms with E-state index in [1.165, 1.54) is 6.07 Å². The molecule has 3 atom stereocenters. The Hall–Kier alpha value is -4.17. The quantitative estimate of drug-likeness (QED) is 0.274. The van der Waals surface area contributed by atoms with Gasteiger partial charge in [0.25, 0.3) is 0 Å². The zero-order valence-electron chi connectivity index (χ0n) is 26.3. The minimum atomic E-state index is -0.911. The number of rotatable bonds is 10. The number of aryl methyl sites for hydroxylation is 1. The van der Waals surface area contributed by atoms with Crippen LogP contribution in [0.15, 0.2) is 60.9 Å². The van der Waals surface area contributed by atoms with Crippen LogP contribution in [0.25, 0.3) is 16.9 Å². The zero-order valence-corrected chi connectivity index (χ0v) is 26.3. The molecule has 2 amide bonds. The van der Waals surface area contributed by atoms with Crippen molar-refractivity contribution in [3.05, 3.63) is 83.7 Å². The van der Waals surface area contributed by atoms with E-state index in [0.717, 1.165) is 42.5 Å². The van der Waals surface area contributed by atoms with Crippen LogP contribution in [-0.2, 0) is 16.5 Å². The highest BCUT2D eigenvalue weighted by Crippen LogP contribution is 2.32. The van der Waals surface area contributed by atoms with Crippen molar-refractivity contribution in [3.63, 3.8) is 0 Å². The van der Waals surface area contributed by atoms with Crippen molar-refractivity contribution in [2.24, 2.45) is 7.05 Å². The maximum absolute atomic E-state index is 14.4. The number of morpholine rings is 1. The number of likely N-dealkylation sites (tertiary alicyclic amines) is 1. The van der Waals surface area contributed by atoms with Crippen LogP contribution in [0, 0.1) is 18.6 Å². The fraction of sp³-hybridized carbons (Fsp3) is 0.424. The van der Waals surface area contributed by atoms with Crippen LogP contribution in [-0.4, -0.2) is 107 Å². The molecule has 46 heavy (non-hydrogen) atoms. The summed E-state index contributed by atoms with van der Waals surface area (Å²) in [6.07, 6.45) is 3.61. The molecule has 1 unspecified atom stereocenters. The van der Waals surface area contributed by atoms with Crippen molar-refractivity contribution >= 4 is 11.8 Å². The van der Waals surface area contributed by atoms with E-state index in [2.05, 4.69) is 25.5 Å². The van der Waals surface area contributed by atoms with Crippen molar-refractivity contribution in [3.8, 4) is 16.9 Å². The van der Waals surface area contributed by atoms with Crippen LogP contribution in [0.5, 0.6) is 0 Å². The molecule has 2 aromatic carbocycles. The Bertz CT molecular complexity index is 1640. The van der Waals surface area contributed by atoms with E-state index in [0.29, 0.717) is 50.0 Å². The molecule has 0 spiro atoms. The van der Waals surface area contributed by atoms with E-state index in [9.17, 15) is 13.6 Å². The number of urea groups is 1. The van der Waals surface area contributed by atoms with Gasteiger partial charge in [-0.1, -0.05) is 24.3 Å². The molecule has 13 heteroatoms. The molecule has 0 radical (unpaired) electrons. The first-order valence-corrected chi connectivity index (χ1v) is 15.5. The van der Waals surface area contributed by atoms with Gasteiger partial charge in [0.1, 0.15) is 11.5 Å². The highest BCUT2D eigenvalue weighted by atomic mass is 19.2. The summed E-state index contributed by atoms with van der Waals surface area (Å²) >= 11 is 0. The number of carbonyl (C=O) groups is 1. The van der Waals surface area contributed by atoms with E-state index in [1.54, 1.807) is 28.7 Å². The molecule has 0 bridgehead atoms. The molecule has 2 aliphatic rings. The van der Waals surface area contributed by atoms with Crippen molar-refractivity contribution < 1.29 is 23.0 Å². The second kappa shape index (κ2) is 14.1. The fourth-order valence-corrected chi connectivity index (χ4v) is 6.44. The van der Waals surface area contributed by atoms with Gasteiger partial charge in [-0.15, -0.1) is 0 Å². The predicted octanol–water partition coefficient (Wildman–Crippen LogP) is 3.80. The summed E-state index contributed by atoms with van der Waals surface area (Å²) in [4.78, 5) is 18.4. The lowest BCUT2D eigenvalue weighted by Crippen LogP contribution is -2.49. The molecule has 2 N–H and O–H groups in total. The Balaban J connectivity index is 1.27. The Morgan fingerprint density at radius 2 is 1.89 bits per heavy atom. The van der Waals surface area contributed by atoms with E-state index in [-0.39, 0.29) is 18.0 Å². The number of methoxy groups -OCH3 is 1. The van der Waals surface area contributed by atoms with Gasteiger partial charge in [0.2, 0.25) is 0 Å². The summed E-state index contributed by atoms with van der Waals surface area (Å²) in [5.74, 6) is -1.58. The number of nitrogens with zero attached hydrogens (tertiary/aromatic N) is 6. The zero-order chi connectivity index (χ0) is 32.2. The van der Waals surface area contributed by atoms with Gasteiger partial charge in [-0.05, 0) is 36.8 Å². The average Bonchev–Trinajstić information content (AvgIpc) is 3.76. The summed E-state index contributed by atoms with van der Waals surface area (Å²) in [7, 11) is 3.52. The monoisotopic (exact) mass is 634 g/mol. The summed E-state index contributed by atoms with van der Waals surface area (Å²) in [6.45, 7) is 7.26.